The summed E-state index contributed by atoms with van der Waals surface area (Å²) in [7, 11) is -1.70. The highest BCUT2D eigenvalue weighted by Gasteiger charge is 2.36. The third kappa shape index (κ3) is 6.99. The first-order chi connectivity index (χ1) is 18.5. The molecule has 40 heavy (non-hydrogen) atoms. The highest BCUT2D eigenvalue weighted by Crippen LogP contribution is 2.40. The van der Waals surface area contributed by atoms with Crippen LogP contribution in [-0.2, 0) is 23.4 Å². The van der Waals surface area contributed by atoms with E-state index in [0.717, 1.165) is 0 Å². The van der Waals surface area contributed by atoms with Gasteiger partial charge in [-0.25, -0.2) is 4.98 Å². The van der Waals surface area contributed by atoms with Gasteiger partial charge in [0.2, 0.25) is 13.3 Å². The lowest BCUT2D eigenvalue weighted by atomic mass is 10.00. The van der Waals surface area contributed by atoms with Crippen LogP contribution in [0.25, 0.3) is 0 Å². The standard InChI is InChI=1S/C27H27F3N5O4P/c1-26(2,37)12-11-17-7-10-21(22-19(17)14-35(3)24(22)36)33-23-20(27(28,29)30)13-31-25(34-23)32-18-8-5-16(6-9-18)15-40(4,38)39/h5-10,13,37H,14-15H2,1-4H3,(H,38,39)(H2,31,32,33,34). The van der Waals surface area contributed by atoms with E-state index in [-0.39, 0.29) is 29.9 Å². The number of aromatic nitrogens is 2. The molecular formula is C27H27F3N5O4P. The average molecular weight is 574 g/mol. The third-order valence-electron chi connectivity index (χ3n) is 5.81. The normalized spacial score (nSPS) is 14.7. The summed E-state index contributed by atoms with van der Waals surface area (Å²) in [6, 6.07) is 9.44. The Labute approximate surface area is 228 Å². The Balaban J connectivity index is 1.70. The number of alkyl halides is 3. The lowest BCUT2D eigenvalue weighted by Gasteiger charge is -2.17. The summed E-state index contributed by atoms with van der Waals surface area (Å²) in [5, 5.41) is 15.5. The molecule has 1 aliphatic heterocycles. The van der Waals surface area contributed by atoms with Gasteiger partial charge in [-0.15, -0.1) is 0 Å². The maximum atomic E-state index is 13.9. The van der Waals surface area contributed by atoms with E-state index in [1.54, 1.807) is 37.4 Å². The van der Waals surface area contributed by atoms with E-state index in [9.17, 15) is 32.5 Å². The van der Waals surface area contributed by atoms with Crippen LogP contribution in [-0.4, -0.2) is 50.1 Å². The van der Waals surface area contributed by atoms with Crippen molar-refractivity contribution in [2.75, 3.05) is 24.3 Å². The second kappa shape index (κ2) is 10.6. The van der Waals surface area contributed by atoms with Crippen LogP contribution < -0.4 is 10.6 Å². The zero-order valence-electron chi connectivity index (χ0n) is 22.1. The molecule has 210 valence electrons. The van der Waals surface area contributed by atoms with Gasteiger partial charge in [0.1, 0.15) is 17.0 Å². The van der Waals surface area contributed by atoms with Crippen molar-refractivity contribution in [1.82, 2.24) is 14.9 Å². The number of benzene rings is 2. The van der Waals surface area contributed by atoms with Crippen molar-refractivity contribution in [3.05, 3.63) is 70.4 Å². The summed E-state index contributed by atoms with van der Waals surface area (Å²) in [4.78, 5) is 31.8. The number of halogens is 3. The SMILES string of the molecule is CN1Cc2c(C#CC(C)(C)O)ccc(Nc3nc(Nc4ccc(CP(C)(=O)O)cc4)ncc3C(F)(F)F)c2C1=O. The van der Waals surface area contributed by atoms with E-state index in [1.165, 1.54) is 31.5 Å². The fourth-order valence-corrected chi connectivity index (χ4v) is 4.92. The summed E-state index contributed by atoms with van der Waals surface area (Å²) in [6.45, 7) is 4.47. The molecule has 2 heterocycles. The van der Waals surface area contributed by atoms with Gasteiger partial charge in [-0.3, -0.25) is 9.36 Å². The van der Waals surface area contributed by atoms with Crippen LogP contribution in [0.2, 0.25) is 0 Å². The maximum absolute atomic E-state index is 13.9. The van der Waals surface area contributed by atoms with Crippen LogP contribution in [0.1, 0.15) is 46.5 Å². The van der Waals surface area contributed by atoms with Crippen LogP contribution in [0.5, 0.6) is 0 Å². The molecule has 2 aromatic carbocycles. The first-order valence-corrected chi connectivity index (χ1v) is 14.3. The number of hydrogen-bond acceptors (Lipinski definition) is 7. The summed E-state index contributed by atoms with van der Waals surface area (Å²) in [5.74, 6) is 4.45. The van der Waals surface area contributed by atoms with Gasteiger partial charge in [-0.2, -0.15) is 18.2 Å². The average Bonchev–Trinajstić information content (AvgIpc) is 3.12. The number of nitrogens with one attached hydrogen (secondary N) is 2. The minimum absolute atomic E-state index is 0.0154. The fraction of sp³-hybridized carbons (Fsp3) is 0.296. The first-order valence-electron chi connectivity index (χ1n) is 12.0. The lowest BCUT2D eigenvalue weighted by molar-refractivity contribution is -0.137. The van der Waals surface area contributed by atoms with Crippen molar-refractivity contribution in [1.29, 1.82) is 0 Å². The molecule has 0 fully saturated rings. The number of amides is 1. The Kier molecular flexibility index (Phi) is 7.69. The molecule has 0 saturated heterocycles. The largest absolute Gasteiger partial charge is 0.421 e. The summed E-state index contributed by atoms with van der Waals surface area (Å²) in [5.41, 5.74) is -0.0560. The molecule has 13 heteroatoms. The number of aliphatic hydroxyl groups is 1. The molecule has 4 rings (SSSR count). The van der Waals surface area contributed by atoms with Gasteiger partial charge < -0.3 is 25.5 Å². The molecule has 1 amide bonds. The highest BCUT2D eigenvalue weighted by atomic mass is 31.2. The van der Waals surface area contributed by atoms with Crippen LogP contribution in [0.3, 0.4) is 0 Å². The number of carbonyl (C=O) groups excluding carboxylic acids is 1. The minimum Gasteiger partial charge on any atom is -0.378 e. The number of hydrogen-bond donors (Lipinski definition) is 4. The molecule has 3 aromatic rings. The van der Waals surface area contributed by atoms with Crippen molar-refractivity contribution in [3.63, 3.8) is 0 Å². The highest BCUT2D eigenvalue weighted by molar-refractivity contribution is 7.56. The van der Waals surface area contributed by atoms with Crippen molar-refractivity contribution in [2.45, 2.75) is 38.3 Å². The second-order valence-electron chi connectivity index (χ2n) is 10.1. The molecule has 0 spiro atoms. The van der Waals surface area contributed by atoms with Crippen LogP contribution in [0.15, 0.2) is 42.6 Å². The molecule has 1 aliphatic rings. The van der Waals surface area contributed by atoms with Gasteiger partial charge in [0.25, 0.3) is 5.91 Å². The molecule has 9 nitrogen and oxygen atoms in total. The Morgan fingerprint density at radius 1 is 1.12 bits per heavy atom. The van der Waals surface area contributed by atoms with Gasteiger partial charge in [-0.05, 0) is 43.7 Å². The molecule has 1 unspecified atom stereocenters. The lowest BCUT2D eigenvalue weighted by Crippen LogP contribution is -2.18. The van der Waals surface area contributed by atoms with Gasteiger partial charge in [0.05, 0.1) is 11.3 Å². The number of rotatable bonds is 6. The summed E-state index contributed by atoms with van der Waals surface area (Å²) >= 11 is 0. The number of carbonyl (C=O) groups is 1. The van der Waals surface area contributed by atoms with Crippen molar-refractivity contribution < 1.29 is 32.5 Å². The van der Waals surface area contributed by atoms with E-state index in [2.05, 4.69) is 32.4 Å². The van der Waals surface area contributed by atoms with Crippen LogP contribution >= 0.6 is 7.37 Å². The number of fused-ring (bicyclic) bond motifs is 1. The molecule has 0 saturated carbocycles. The Hall–Kier alpha value is -3.91. The topological polar surface area (TPSA) is 128 Å². The van der Waals surface area contributed by atoms with E-state index in [1.807, 2.05) is 0 Å². The van der Waals surface area contributed by atoms with Gasteiger partial charge in [0, 0.05) is 49.4 Å². The van der Waals surface area contributed by atoms with E-state index >= 15 is 0 Å². The maximum Gasteiger partial charge on any atom is 0.421 e. The van der Waals surface area contributed by atoms with Gasteiger partial charge >= 0.3 is 6.18 Å². The van der Waals surface area contributed by atoms with E-state index in [4.69, 9.17) is 0 Å². The second-order valence-corrected chi connectivity index (χ2v) is 12.5. The van der Waals surface area contributed by atoms with Crippen molar-refractivity contribution in [2.24, 2.45) is 0 Å². The molecular weight excluding hydrogens is 546 g/mol. The molecule has 0 radical (unpaired) electrons. The monoisotopic (exact) mass is 573 g/mol. The fourth-order valence-electron chi connectivity index (χ4n) is 4.03. The van der Waals surface area contributed by atoms with Gasteiger partial charge in [-0.1, -0.05) is 24.0 Å². The Bertz CT molecular complexity index is 1570. The molecule has 4 N–H and O–H groups in total. The molecule has 1 aromatic heterocycles. The Morgan fingerprint density at radius 2 is 1.80 bits per heavy atom. The molecule has 1 atom stereocenters. The van der Waals surface area contributed by atoms with E-state index < -0.39 is 36.4 Å². The minimum atomic E-state index is -4.79. The number of anilines is 4. The summed E-state index contributed by atoms with van der Waals surface area (Å²) in [6.07, 6.45) is -4.16. The molecule has 0 aliphatic carbocycles. The van der Waals surface area contributed by atoms with Crippen LogP contribution in [0, 0.1) is 11.8 Å². The quantitative estimate of drug-likeness (QED) is 0.237. The first kappa shape index (κ1) is 29.1. The third-order valence-corrected chi connectivity index (χ3v) is 6.76. The smallest absolute Gasteiger partial charge is 0.378 e. The van der Waals surface area contributed by atoms with E-state index in [0.29, 0.717) is 28.6 Å². The number of nitrogens with zero attached hydrogens (tertiary/aromatic N) is 3. The predicted octanol–water partition coefficient (Wildman–Crippen LogP) is 5.09. The zero-order valence-corrected chi connectivity index (χ0v) is 23.0. The zero-order chi connectivity index (χ0) is 29.5. The summed E-state index contributed by atoms with van der Waals surface area (Å²) < 4.78 is 53.3. The van der Waals surface area contributed by atoms with Crippen molar-refractivity contribution in [3.8, 4) is 11.8 Å². The molecule has 0 bridgehead atoms. The van der Waals surface area contributed by atoms with Gasteiger partial charge in [0.15, 0.2) is 0 Å². The van der Waals surface area contributed by atoms with Crippen LogP contribution in [0.4, 0.5) is 36.3 Å². The predicted molar refractivity (Wildman–Crippen MR) is 145 cm³/mol. The Morgan fingerprint density at radius 3 is 2.40 bits per heavy atom. The van der Waals surface area contributed by atoms with Crippen molar-refractivity contribution >= 4 is 36.4 Å².